The third kappa shape index (κ3) is 3.18. The summed E-state index contributed by atoms with van der Waals surface area (Å²) in [4.78, 5) is 0. The zero-order chi connectivity index (χ0) is 14.7. The van der Waals surface area contributed by atoms with E-state index in [9.17, 15) is 5.11 Å². The molecule has 0 spiro atoms. The number of benzene rings is 3. The van der Waals surface area contributed by atoms with Gasteiger partial charge in [-0.2, -0.15) is 0 Å². The largest absolute Gasteiger partial charge is 1.00 e. The van der Waals surface area contributed by atoms with Gasteiger partial charge in [-0.3, -0.25) is 0 Å². The van der Waals surface area contributed by atoms with Crippen molar-refractivity contribution >= 4 is 23.2 Å². The fraction of sp³-hybridized carbons (Fsp3) is 0.0526. The van der Waals surface area contributed by atoms with E-state index in [0.29, 0.717) is 5.75 Å². The van der Waals surface area contributed by atoms with Gasteiger partial charge in [0.2, 0.25) is 0 Å². The standard InChI is InChI=1S/C19H17OP.HI/c1-21(17-8-4-2-5-9-17,18-10-6-3-7-11-18)19-14-12-16(20)13-15-19;/h2-15H,1H3;1H. The average Bonchev–Trinajstić information content (AvgIpc) is 2.56. The Morgan fingerprint density at radius 2 is 0.955 bits per heavy atom. The summed E-state index contributed by atoms with van der Waals surface area (Å²) in [6, 6.07) is 28.9. The van der Waals surface area contributed by atoms with Gasteiger partial charge in [0.25, 0.3) is 0 Å². The second-order valence-corrected chi connectivity index (χ2v) is 8.76. The molecule has 0 aliphatic heterocycles. The van der Waals surface area contributed by atoms with Gasteiger partial charge in [0.15, 0.2) is 0 Å². The van der Waals surface area contributed by atoms with E-state index >= 15 is 0 Å². The molecule has 3 rings (SSSR count). The topological polar surface area (TPSA) is 20.2 Å². The molecule has 0 unspecified atom stereocenters. The quantitative estimate of drug-likeness (QED) is 0.478. The van der Waals surface area contributed by atoms with Crippen molar-refractivity contribution < 1.29 is 29.1 Å². The molecule has 0 aliphatic carbocycles. The van der Waals surface area contributed by atoms with Crippen molar-refractivity contribution in [3.8, 4) is 5.75 Å². The summed E-state index contributed by atoms with van der Waals surface area (Å²) in [5.74, 6) is 0.312. The minimum Gasteiger partial charge on any atom is -1.00 e. The maximum atomic E-state index is 9.58. The van der Waals surface area contributed by atoms with Gasteiger partial charge in [-0.25, -0.2) is 0 Å². The predicted octanol–water partition coefficient (Wildman–Crippen LogP) is 0.320. The SMILES string of the molecule is C[P+](c1ccccc1)(c1ccccc1)c1ccc(O)cc1.[I-]. The van der Waals surface area contributed by atoms with Gasteiger partial charge in [-0.15, -0.1) is 0 Å². The van der Waals surface area contributed by atoms with Crippen LogP contribution in [0.5, 0.6) is 5.75 Å². The lowest BCUT2D eigenvalue weighted by Crippen LogP contribution is -3.00. The minimum atomic E-state index is -1.66. The zero-order valence-electron chi connectivity index (χ0n) is 12.4. The Morgan fingerprint density at radius 3 is 1.36 bits per heavy atom. The molecule has 1 N–H and O–H groups in total. The van der Waals surface area contributed by atoms with Crippen LogP contribution in [0.3, 0.4) is 0 Å². The van der Waals surface area contributed by atoms with Crippen molar-refractivity contribution in [3.05, 3.63) is 84.9 Å². The van der Waals surface area contributed by atoms with Gasteiger partial charge in [0.05, 0.1) is 6.66 Å². The number of hydrogen-bond acceptors (Lipinski definition) is 1. The molecule has 0 fully saturated rings. The van der Waals surface area contributed by atoms with E-state index in [-0.39, 0.29) is 24.0 Å². The maximum absolute atomic E-state index is 9.58. The number of rotatable bonds is 3. The van der Waals surface area contributed by atoms with E-state index in [4.69, 9.17) is 0 Å². The van der Waals surface area contributed by atoms with E-state index in [1.807, 2.05) is 12.1 Å². The summed E-state index contributed by atoms with van der Waals surface area (Å²) < 4.78 is 0. The van der Waals surface area contributed by atoms with Gasteiger partial charge < -0.3 is 29.1 Å². The van der Waals surface area contributed by atoms with E-state index in [0.717, 1.165) is 0 Å². The highest BCUT2D eigenvalue weighted by Gasteiger charge is 2.39. The molecule has 112 valence electrons. The lowest BCUT2D eigenvalue weighted by atomic mass is 10.3. The molecule has 0 heterocycles. The smallest absolute Gasteiger partial charge is 0.115 e. The number of hydrogen-bond donors (Lipinski definition) is 1. The first kappa shape index (κ1) is 17.0. The summed E-state index contributed by atoms with van der Waals surface area (Å²) in [7, 11) is -1.66. The third-order valence-corrected chi connectivity index (χ3v) is 7.90. The highest BCUT2D eigenvalue weighted by atomic mass is 127. The van der Waals surface area contributed by atoms with Gasteiger partial charge in [0, 0.05) is 0 Å². The first-order valence-corrected chi connectivity index (χ1v) is 9.22. The normalized spacial score (nSPS) is 10.8. The molecule has 0 saturated carbocycles. The van der Waals surface area contributed by atoms with E-state index < -0.39 is 7.26 Å². The Balaban J connectivity index is 0.00000176. The van der Waals surface area contributed by atoms with E-state index in [1.54, 1.807) is 12.1 Å². The number of phenols is 1. The average molecular weight is 420 g/mol. The van der Waals surface area contributed by atoms with Crippen molar-refractivity contribution in [1.29, 1.82) is 0 Å². The summed E-state index contributed by atoms with van der Waals surface area (Å²) in [6.45, 7) is 2.34. The maximum Gasteiger partial charge on any atom is 0.115 e. The lowest BCUT2D eigenvalue weighted by molar-refractivity contribution is -0.00000516. The Kier molecular flexibility index (Phi) is 5.60. The minimum absolute atomic E-state index is 0. The summed E-state index contributed by atoms with van der Waals surface area (Å²) in [6.07, 6.45) is 0. The third-order valence-electron chi connectivity index (χ3n) is 3.91. The molecular formula is C19H18IOP. The molecule has 3 aromatic carbocycles. The summed E-state index contributed by atoms with van der Waals surface area (Å²) >= 11 is 0. The Morgan fingerprint density at radius 1 is 0.591 bits per heavy atom. The highest BCUT2D eigenvalue weighted by Crippen LogP contribution is 2.51. The number of halogens is 1. The molecule has 0 saturated heterocycles. The fourth-order valence-corrected chi connectivity index (χ4v) is 5.83. The van der Waals surface area contributed by atoms with Gasteiger partial charge in [-0.1, -0.05) is 36.4 Å². The van der Waals surface area contributed by atoms with E-state index in [2.05, 4.69) is 67.3 Å². The molecule has 22 heavy (non-hydrogen) atoms. The van der Waals surface area contributed by atoms with Crippen molar-refractivity contribution in [2.75, 3.05) is 6.66 Å². The van der Waals surface area contributed by atoms with Crippen LogP contribution in [-0.2, 0) is 0 Å². The van der Waals surface area contributed by atoms with E-state index in [1.165, 1.54) is 15.9 Å². The summed E-state index contributed by atoms with van der Waals surface area (Å²) in [5.41, 5.74) is 0. The van der Waals surface area contributed by atoms with Crippen molar-refractivity contribution in [1.82, 2.24) is 0 Å². The second kappa shape index (κ2) is 7.26. The monoisotopic (exact) mass is 420 g/mol. The first-order valence-electron chi connectivity index (χ1n) is 6.98. The zero-order valence-corrected chi connectivity index (χ0v) is 15.4. The van der Waals surface area contributed by atoms with Gasteiger partial charge in [0.1, 0.15) is 28.9 Å². The van der Waals surface area contributed by atoms with Crippen LogP contribution in [-0.4, -0.2) is 11.8 Å². The van der Waals surface area contributed by atoms with Gasteiger partial charge >= 0.3 is 0 Å². The lowest BCUT2D eigenvalue weighted by Gasteiger charge is -2.23. The first-order chi connectivity index (χ1) is 10.2. The number of phenolic OH excluding ortho intramolecular Hbond substituents is 1. The van der Waals surface area contributed by atoms with Crippen molar-refractivity contribution in [2.45, 2.75) is 0 Å². The second-order valence-electron chi connectivity index (χ2n) is 5.19. The molecule has 0 bridgehead atoms. The molecule has 0 atom stereocenters. The molecular weight excluding hydrogens is 402 g/mol. The molecule has 3 aromatic rings. The Bertz CT molecular complexity index is 672. The van der Waals surface area contributed by atoms with Crippen LogP contribution in [0, 0.1) is 0 Å². The molecule has 0 aliphatic rings. The molecule has 0 aromatic heterocycles. The molecule has 1 nitrogen and oxygen atoms in total. The van der Waals surface area contributed by atoms with Crippen LogP contribution in [0.15, 0.2) is 84.9 Å². The van der Waals surface area contributed by atoms with Crippen LogP contribution >= 0.6 is 7.26 Å². The fourth-order valence-electron chi connectivity index (χ4n) is 2.65. The van der Waals surface area contributed by atoms with Crippen LogP contribution in [0.1, 0.15) is 0 Å². The number of aromatic hydroxyl groups is 1. The molecule has 3 heteroatoms. The molecule has 0 amide bonds. The van der Waals surface area contributed by atoms with Crippen molar-refractivity contribution in [3.63, 3.8) is 0 Å². The predicted molar refractivity (Wildman–Crippen MR) is 92.7 cm³/mol. The van der Waals surface area contributed by atoms with Crippen LogP contribution in [0.4, 0.5) is 0 Å². The van der Waals surface area contributed by atoms with Crippen LogP contribution in [0.25, 0.3) is 0 Å². The van der Waals surface area contributed by atoms with Gasteiger partial charge in [-0.05, 0) is 48.5 Å². The van der Waals surface area contributed by atoms with Crippen LogP contribution in [0.2, 0.25) is 0 Å². The molecule has 0 radical (unpaired) electrons. The Labute approximate surface area is 149 Å². The van der Waals surface area contributed by atoms with Crippen LogP contribution < -0.4 is 39.9 Å². The van der Waals surface area contributed by atoms with Crippen molar-refractivity contribution in [2.24, 2.45) is 0 Å². The summed E-state index contributed by atoms with van der Waals surface area (Å²) in [5, 5.41) is 13.5. The highest BCUT2D eigenvalue weighted by molar-refractivity contribution is 7.95. The Hall–Kier alpha value is -1.38.